The first-order valence-corrected chi connectivity index (χ1v) is 15.0. The van der Waals surface area contributed by atoms with Gasteiger partial charge in [0.15, 0.2) is 11.6 Å². The molecule has 1 aromatic carbocycles. The molecular weight excluding hydrogens is 536 g/mol. The molecule has 0 spiro atoms. The Balaban J connectivity index is 1.22. The molecule has 1 saturated heterocycles. The predicted molar refractivity (Wildman–Crippen MR) is 162 cm³/mol. The lowest BCUT2D eigenvalue weighted by atomic mass is 9.99. The molecule has 0 radical (unpaired) electrons. The fourth-order valence-electron chi connectivity index (χ4n) is 5.69. The van der Waals surface area contributed by atoms with Crippen LogP contribution >= 0.6 is 11.3 Å². The summed E-state index contributed by atoms with van der Waals surface area (Å²) < 4.78 is 1.55. The topological polar surface area (TPSA) is 117 Å². The van der Waals surface area contributed by atoms with Crippen molar-refractivity contribution in [3.8, 4) is 11.1 Å². The summed E-state index contributed by atoms with van der Waals surface area (Å²) in [5, 5.41) is 23.3. The first-order valence-electron chi connectivity index (χ1n) is 14.2. The molecule has 9 nitrogen and oxygen atoms in total. The van der Waals surface area contributed by atoms with Crippen molar-refractivity contribution in [1.29, 1.82) is 0 Å². The van der Waals surface area contributed by atoms with Crippen LogP contribution in [0.2, 0.25) is 0 Å². The van der Waals surface area contributed by atoms with E-state index in [9.17, 15) is 14.7 Å². The molecule has 0 saturated carbocycles. The van der Waals surface area contributed by atoms with Crippen molar-refractivity contribution in [2.75, 3.05) is 23.3 Å². The number of aromatic nitrogens is 3. The SMILES string of the molecule is Cc1c([NH2+]C(=O)c2cc3c(s2)CCCC3)cccc1-c1cc(Nc2ccc(N3CCC(O)CC3)nn2)c(=O)n(C)c1. The monoisotopic (exact) mass is 571 g/mol. The first kappa shape index (κ1) is 27.3. The minimum atomic E-state index is -0.252. The lowest BCUT2D eigenvalue weighted by Gasteiger charge is -2.30. The number of nitrogens with two attached hydrogens (primary N) is 1. The van der Waals surface area contributed by atoms with Crippen molar-refractivity contribution in [2.24, 2.45) is 7.05 Å². The fraction of sp³-hybridized carbons (Fsp3) is 0.355. The van der Waals surface area contributed by atoms with Gasteiger partial charge in [-0.15, -0.1) is 21.5 Å². The summed E-state index contributed by atoms with van der Waals surface area (Å²) in [7, 11) is 1.73. The fourth-order valence-corrected chi connectivity index (χ4v) is 6.85. The third kappa shape index (κ3) is 5.81. The number of pyridine rings is 1. The van der Waals surface area contributed by atoms with Gasteiger partial charge in [-0.2, -0.15) is 0 Å². The number of thiophene rings is 1. The molecule has 10 heteroatoms. The Morgan fingerprint density at radius 1 is 1.10 bits per heavy atom. The van der Waals surface area contributed by atoms with E-state index in [1.807, 2.05) is 49.5 Å². The van der Waals surface area contributed by atoms with Gasteiger partial charge < -0.3 is 19.9 Å². The van der Waals surface area contributed by atoms with E-state index in [2.05, 4.69) is 26.5 Å². The molecule has 4 heterocycles. The number of rotatable bonds is 6. The molecule has 212 valence electrons. The highest BCUT2D eigenvalue weighted by Crippen LogP contribution is 2.31. The van der Waals surface area contributed by atoms with Gasteiger partial charge in [0.05, 0.1) is 6.10 Å². The Labute approximate surface area is 242 Å². The van der Waals surface area contributed by atoms with E-state index in [-0.39, 0.29) is 17.6 Å². The summed E-state index contributed by atoms with van der Waals surface area (Å²) in [6, 6.07) is 13.5. The largest absolute Gasteiger partial charge is 0.393 e. The van der Waals surface area contributed by atoms with Crippen molar-refractivity contribution in [3.63, 3.8) is 0 Å². The average molecular weight is 572 g/mol. The number of carbonyl (C=O) groups is 1. The van der Waals surface area contributed by atoms with Gasteiger partial charge in [0.2, 0.25) is 0 Å². The highest BCUT2D eigenvalue weighted by atomic mass is 32.1. The van der Waals surface area contributed by atoms with Crippen LogP contribution in [-0.4, -0.2) is 45.0 Å². The predicted octanol–water partition coefficient (Wildman–Crippen LogP) is 3.83. The van der Waals surface area contributed by atoms with Crippen LogP contribution in [0.15, 0.2) is 53.5 Å². The second-order valence-corrected chi connectivity index (χ2v) is 12.1. The summed E-state index contributed by atoms with van der Waals surface area (Å²) in [5.74, 6) is 1.27. The Kier molecular flexibility index (Phi) is 7.70. The number of quaternary nitrogens is 1. The van der Waals surface area contributed by atoms with Crippen LogP contribution in [-0.2, 0) is 19.9 Å². The maximum absolute atomic E-state index is 13.2. The van der Waals surface area contributed by atoms with Gasteiger partial charge in [-0.25, -0.2) is 10.1 Å². The van der Waals surface area contributed by atoms with Crippen molar-refractivity contribution in [1.82, 2.24) is 14.8 Å². The lowest BCUT2D eigenvalue weighted by molar-refractivity contribution is -0.464. The van der Waals surface area contributed by atoms with E-state index in [4.69, 9.17) is 0 Å². The smallest absolute Gasteiger partial charge is 0.357 e. The summed E-state index contributed by atoms with van der Waals surface area (Å²) in [4.78, 5) is 30.5. The molecular formula is C31H35N6O3S+. The molecule has 1 amide bonds. The molecule has 0 unspecified atom stereocenters. The normalized spacial score (nSPS) is 15.5. The molecule has 0 atom stereocenters. The summed E-state index contributed by atoms with van der Waals surface area (Å²) in [5.41, 5.74) is 5.20. The molecule has 1 aliphatic heterocycles. The van der Waals surface area contributed by atoms with Crippen LogP contribution in [0.25, 0.3) is 11.1 Å². The van der Waals surface area contributed by atoms with Crippen LogP contribution in [0.1, 0.15) is 51.4 Å². The number of amides is 1. The zero-order chi connectivity index (χ0) is 28.5. The van der Waals surface area contributed by atoms with Gasteiger partial charge >= 0.3 is 5.91 Å². The number of piperidine rings is 1. The molecule has 1 aliphatic carbocycles. The highest BCUT2D eigenvalue weighted by molar-refractivity contribution is 7.14. The third-order valence-corrected chi connectivity index (χ3v) is 9.35. The molecule has 4 N–H and O–H groups in total. The average Bonchev–Trinajstić information content (AvgIpc) is 3.42. The zero-order valence-electron chi connectivity index (χ0n) is 23.4. The quantitative estimate of drug-likeness (QED) is 0.301. The van der Waals surface area contributed by atoms with E-state index in [0.29, 0.717) is 24.3 Å². The number of fused-ring (bicyclic) bond motifs is 1. The molecule has 6 rings (SSSR count). The lowest BCUT2D eigenvalue weighted by Crippen LogP contribution is -2.82. The number of hydrogen-bond donors (Lipinski definition) is 3. The molecule has 2 aliphatic rings. The minimum Gasteiger partial charge on any atom is -0.393 e. The Morgan fingerprint density at radius 3 is 2.66 bits per heavy atom. The van der Waals surface area contributed by atoms with Crippen LogP contribution in [0.5, 0.6) is 0 Å². The molecule has 41 heavy (non-hydrogen) atoms. The summed E-state index contributed by atoms with van der Waals surface area (Å²) in [6.45, 7) is 3.49. The maximum Gasteiger partial charge on any atom is 0.357 e. The number of primary amides is 1. The van der Waals surface area contributed by atoms with Crippen LogP contribution in [0.4, 0.5) is 23.0 Å². The van der Waals surface area contributed by atoms with Crippen LogP contribution < -0.4 is 21.1 Å². The van der Waals surface area contributed by atoms with E-state index >= 15 is 0 Å². The molecule has 0 bridgehead atoms. The van der Waals surface area contributed by atoms with E-state index < -0.39 is 0 Å². The number of nitrogens with one attached hydrogen (secondary N) is 1. The number of carbonyl (C=O) groups excluding carboxylic acids is 1. The van der Waals surface area contributed by atoms with Crippen molar-refractivity contribution >= 4 is 40.3 Å². The number of benzene rings is 1. The van der Waals surface area contributed by atoms with E-state index in [1.165, 1.54) is 23.3 Å². The second-order valence-electron chi connectivity index (χ2n) is 11.0. The van der Waals surface area contributed by atoms with E-state index in [1.54, 1.807) is 28.3 Å². The van der Waals surface area contributed by atoms with Crippen LogP contribution in [0, 0.1) is 6.92 Å². The number of aliphatic hydroxyl groups excluding tert-OH is 1. The Morgan fingerprint density at radius 2 is 1.90 bits per heavy atom. The Bertz CT molecular complexity index is 1610. The third-order valence-electron chi connectivity index (χ3n) is 8.10. The van der Waals surface area contributed by atoms with Gasteiger partial charge in [0.1, 0.15) is 16.3 Å². The number of hydrogen-bond acceptors (Lipinski definition) is 8. The standard InChI is InChI=1S/C31H34N6O3S/c1-19-23(7-5-8-24(19)33-30(39)27-17-20-6-3-4-9-26(20)41-27)21-16-25(31(40)36(2)18-21)32-28-10-11-29(35-34-28)37-14-12-22(38)13-15-37/h5,7-8,10-11,16-18,22,38H,3-4,6,9,12-15H2,1-2H3,(H,32,34)(H,33,39)/p+1. The number of aliphatic hydroxyl groups is 1. The van der Waals surface area contributed by atoms with Gasteiger partial charge in [0.25, 0.3) is 5.56 Å². The maximum atomic E-state index is 13.2. The minimum absolute atomic E-state index is 0.0372. The molecule has 3 aromatic heterocycles. The summed E-state index contributed by atoms with van der Waals surface area (Å²) >= 11 is 1.63. The van der Waals surface area contributed by atoms with Gasteiger partial charge in [-0.05, 0) is 86.9 Å². The van der Waals surface area contributed by atoms with Crippen molar-refractivity contribution in [2.45, 2.75) is 51.6 Å². The summed E-state index contributed by atoms with van der Waals surface area (Å²) in [6.07, 6.45) is 7.53. The molecule has 1 fully saturated rings. The van der Waals surface area contributed by atoms with Crippen molar-refractivity contribution in [3.05, 3.63) is 79.9 Å². The first-order chi connectivity index (χ1) is 19.9. The number of aryl methyl sites for hydroxylation is 3. The zero-order valence-corrected chi connectivity index (χ0v) is 24.2. The van der Waals surface area contributed by atoms with Gasteiger partial charge in [-0.3, -0.25) is 4.79 Å². The second kappa shape index (κ2) is 11.6. The number of nitrogens with zero attached hydrogens (tertiary/aromatic N) is 4. The molecule has 4 aromatic rings. The van der Waals surface area contributed by atoms with Gasteiger partial charge in [-0.1, -0.05) is 12.1 Å². The van der Waals surface area contributed by atoms with Gasteiger partial charge in [0, 0.05) is 42.3 Å². The van der Waals surface area contributed by atoms with Crippen LogP contribution in [0.3, 0.4) is 0 Å². The van der Waals surface area contributed by atoms with Crippen molar-refractivity contribution < 1.29 is 15.2 Å². The van der Waals surface area contributed by atoms with E-state index in [0.717, 1.165) is 59.0 Å². The Hall–Kier alpha value is -3.86. The number of anilines is 3. The highest BCUT2D eigenvalue weighted by Gasteiger charge is 2.22.